The molecular weight excluding hydrogens is 250 g/mol. The van der Waals surface area contributed by atoms with Crippen LogP contribution in [0.4, 0.5) is 0 Å². The van der Waals surface area contributed by atoms with E-state index < -0.39 is 6.10 Å². The zero-order valence-corrected chi connectivity index (χ0v) is 12.7. The summed E-state index contributed by atoms with van der Waals surface area (Å²) in [4.78, 5) is 12.1. The summed E-state index contributed by atoms with van der Waals surface area (Å²) in [5.41, 5.74) is 1.19. The molecule has 2 rings (SSSR count). The van der Waals surface area contributed by atoms with E-state index in [4.69, 9.17) is 4.74 Å². The highest BCUT2D eigenvalue weighted by molar-refractivity contribution is 5.81. The number of amides is 1. The van der Waals surface area contributed by atoms with Gasteiger partial charge in [-0.3, -0.25) is 4.79 Å². The average molecular weight is 275 g/mol. The standard InChI is InChI=1S/C17H25NO2/c1-12-4-8-15(9-5-12)18-17(19)14(3)20-16-10-6-13(2)7-11-16/h6-7,10-12,14-15H,4-5,8-9H2,1-3H3,(H,18,19)/t12?,14-,15?/m0/s1. The quantitative estimate of drug-likeness (QED) is 0.914. The van der Waals surface area contributed by atoms with Crippen molar-refractivity contribution in [2.24, 2.45) is 5.92 Å². The Bertz CT molecular complexity index is 433. The van der Waals surface area contributed by atoms with Crippen LogP contribution in [0.3, 0.4) is 0 Å². The van der Waals surface area contributed by atoms with Crippen molar-refractivity contribution in [3.8, 4) is 5.75 Å². The predicted molar refractivity (Wildman–Crippen MR) is 80.8 cm³/mol. The van der Waals surface area contributed by atoms with Gasteiger partial charge in [0.15, 0.2) is 6.10 Å². The molecule has 1 fully saturated rings. The molecule has 1 aliphatic carbocycles. The Morgan fingerprint density at radius 3 is 2.40 bits per heavy atom. The van der Waals surface area contributed by atoms with E-state index in [-0.39, 0.29) is 5.91 Å². The number of nitrogens with one attached hydrogen (secondary N) is 1. The first-order valence-electron chi connectivity index (χ1n) is 7.58. The molecule has 110 valence electrons. The van der Waals surface area contributed by atoms with Gasteiger partial charge in [0.1, 0.15) is 5.75 Å². The van der Waals surface area contributed by atoms with Crippen molar-refractivity contribution in [2.45, 2.75) is 58.6 Å². The smallest absolute Gasteiger partial charge is 0.260 e. The minimum Gasteiger partial charge on any atom is -0.481 e. The number of ether oxygens (including phenoxy) is 1. The topological polar surface area (TPSA) is 38.3 Å². The molecule has 3 heteroatoms. The van der Waals surface area contributed by atoms with Crippen molar-refractivity contribution < 1.29 is 9.53 Å². The molecule has 0 spiro atoms. The van der Waals surface area contributed by atoms with Gasteiger partial charge in [-0.1, -0.05) is 24.6 Å². The predicted octanol–water partition coefficient (Wildman–Crippen LogP) is 3.46. The van der Waals surface area contributed by atoms with E-state index in [9.17, 15) is 4.79 Å². The number of hydrogen-bond acceptors (Lipinski definition) is 2. The number of rotatable bonds is 4. The van der Waals surface area contributed by atoms with Crippen LogP contribution in [0.25, 0.3) is 0 Å². The first-order chi connectivity index (χ1) is 9.54. The summed E-state index contributed by atoms with van der Waals surface area (Å²) in [7, 11) is 0. The molecule has 0 unspecified atom stereocenters. The van der Waals surface area contributed by atoms with Crippen LogP contribution in [0, 0.1) is 12.8 Å². The largest absolute Gasteiger partial charge is 0.481 e. The maximum absolute atomic E-state index is 12.1. The van der Waals surface area contributed by atoms with Crippen LogP contribution in [0.1, 0.15) is 45.1 Å². The van der Waals surface area contributed by atoms with Crippen LogP contribution in [0.15, 0.2) is 24.3 Å². The van der Waals surface area contributed by atoms with Crippen LogP contribution in [-0.2, 0) is 4.79 Å². The van der Waals surface area contributed by atoms with Gasteiger partial charge in [0, 0.05) is 6.04 Å². The summed E-state index contributed by atoms with van der Waals surface area (Å²) in [6.07, 6.45) is 4.14. The van der Waals surface area contributed by atoms with Gasteiger partial charge in [-0.15, -0.1) is 0 Å². The molecule has 0 aliphatic heterocycles. The zero-order chi connectivity index (χ0) is 14.5. The van der Waals surface area contributed by atoms with Gasteiger partial charge in [0.25, 0.3) is 5.91 Å². The molecular formula is C17H25NO2. The first kappa shape index (κ1) is 14.9. The van der Waals surface area contributed by atoms with Crippen molar-refractivity contribution in [1.82, 2.24) is 5.32 Å². The normalized spacial score (nSPS) is 23.9. The minimum absolute atomic E-state index is 0.00914. The van der Waals surface area contributed by atoms with Crippen molar-refractivity contribution in [3.63, 3.8) is 0 Å². The molecule has 0 saturated heterocycles. The van der Waals surface area contributed by atoms with E-state index in [2.05, 4.69) is 12.2 Å². The summed E-state index contributed by atoms with van der Waals surface area (Å²) in [6.45, 7) is 6.12. The third-order valence-electron chi connectivity index (χ3n) is 4.07. The van der Waals surface area contributed by atoms with E-state index in [0.29, 0.717) is 6.04 Å². The number of aryl methyl sites for hydroxylation is 1. The lowest BCUT2D eigenvalue weighted by molar-refractivity contribution is -0.128. The van der Waals surface area contributed by atoms with Gasteiger partial charge >= 0.3 is 0 Å². The number of carbonyl (C=O) groups is 1. The second-order valence-electron chi connectivity index (χ2n) is 6.04. The van der Waals surface area contributed by atoms with Crippen LogP contribution >= 0.6 is 0 Å². The summed E-state index contributed by atoms with van der Waals surface area (Å²) >= 11 is 0. The molecule has 1 aromatic carbocycles. The maximum atomic E-state index is 12.1. The molecule has 3 nitrogen and oxygen atoms in total. The number of carbonyl (C=O) groups excluding carboxylic acids is 1. The van der Waals surface area contributed by atoms with Gasteiger partial charge in [-0.05, 0) is 57.6 Å². The average Bonchev–Trinajstić information content (AvgIpc) is 2.44. The Hall–Kier alpha value is -1.51. The summed E-state index contributed by atoms with van der Waals surface area (Å²) in [5, 5.41) is 3.11. The third-order valence-corrected chi connectivity index (χ3v) is 4.07. The molecule has 0 heterocycles. The van der Waals surface area contributed by atoms with Crippen molar-refractivity contribution >= 4 is 5.91 Å². The monoisotopic (exact) mass is 275 g/mol. The first-order valence-corrected chi connectivity index (χ1v) is 7.58. The molecule has 1 amide bonds. The minimum atomic E-state index is -0.447. The van der Waals surface area contributed by atoms with Gasteiger partial charge in [-0.2, -0.15) is 0 Å². The zero-order valence-electron chi connectivity index (χ0n) is 12.7. The molecule has 20 heavy (non-hydrogen) atoms. The van der Waals surface area contributed by atoms with Crippen LogP contribution in [0.5, 0.6) is 5.75 Å². The maximum Gasteiger partial charge on any atom is 0.260 e. The van der Waals surface area contributed by atoms with Gasteiger partial charge in [0.05, 0.1) is 0 Å². The summed E-state index contributed by atoms with van der Waals surface area (Å²) in [5.74, 6) is 1.53. The summed E-state index contributed by atoms with van der Waals surface area (Å²) in [6, 6.07) is 8.11. The number of hydrogen-bond donors (Lipinski definition) is 1. The Labute approximate surface area is 121 Å². The molecule has 1 aliphatic rings. The SMILES string of the molecule is Cc1ccc(O[C@@H](C)C(=O)NC2CCC(C)CC2)cc1. The molecule has 1 aromatic rings. The lowest BCUT2D eigenvalue weighted by Crippen LogP contribution is -2.43. The highest BCUT2D eigenvalue weighted by atomic mass is 16.5. The highest BCUT2D eigenvalue weighted by Crippen LogP contribution is 2.23. The molecule has 0 aromatic heterocycles. The van der Waals surface area contributed by atoms with E-state index in [1.54, 1.807) is 6.92 Å². The second-order valence-corrected chi connectivity index (χ2v) is 6.04. The molecule has 1 saturated carbocycles. The van der Waals surface area contributed by atoms with Crippen LogP contribution in [-0.4, -0.2) is 18.1 Å². The summed E-state index contributed by atoms with van der Waals surface area (Å²) < 4.78 is 5.68. The van der Waals surface area contributed by atoms with Gasteiger partial charge < -0.3 is 10.1 Å². The van der Waals surface area contributed by atoms with Gasteiger partial charge in [0.2, 0.25) is 0 Å². The fraction of sp³-hybridized carbons (Fsp3) is 0.588. The third kappa shape index (κ3) is 4.26. The second kappa shape index (κ2) is 6.78. The van der Waals surface area contributed by atoms with Crippen LogP contribution < -0.4 is 10.1 Å². The molecule has 1 N–H and O–H groups in total. The fourth-order valence-electron chi connectivity index (χ4n) is 2.60. The molecule has 0 radical (unpaired) electrons. The van der Waals surface area contributed by atoms with E-state index in [0.717, 1.165) is 24.5 Å². The lowest BCUT2D eigenvalue weighted by atomic mass is 9.87. The van der Waals surface area contributed by atoms with Crippen molar-refractivity contribution in [3.05, 3.63) is 29.8 Å². The van der Waals surface area contributed by atoms with E-state index in [1.165, 1.54) is 18.4 Å². The van der Waals surface area contributed by atoms with Crippen molar-refractivity contribution in [2.75, 3.05) is 0 Å². The van der Waals surface area contributed by atoms with Crippen molar-refractivity contribution in [1.29, 1.82) is 0 Å². The fourth-order valence-corrected chi connectivity index (χ4v) is 2.60. The van der Waals surface area contributed by atoms with E-state index >= 15 is 0 Å². The van der Waals surface area contributed by atoms with Crippen LogP contribution in [0.2, 0.25) is 0 Å². The Kier molecular flexibility index (Phi) is 5.05. The highest BCUT2D eigenvalue weighted by Gasteiger charge is 2.22. The Morgan fingerprint density at radius 1 is 1.20 bits per heavy atom. The van der Waals surface area contributed by atoms with E-state index in [1.807, 2.05) is 31.2 Å². The lowest BCUT2D eigenvalue weighted by Gasteiger charge is -2.28. The molecule has 1 atom stereocenters. The number of benzene rings is 1. The molecule has 0 bridgehead atoms. The Morgan fingerprint density at radius 2 is 1.80 bits per heavy atom. The Balaban J connectivity index is 1.81. The van der Waals surface area contributed by atoms with Gasteiger partial charge in [-0.25, -0.2) is 0 Å².